The number of ether oxygens (including phenoxy) is 1. The zero-order valence-electron chi connectivity index (χ0n) is 6.54. The van der Waals surface area contributed by atoms with Crippen LogP contribution in [0.5, 0.6) is 0 Å². The predicted octanol–water partition coefficient (Wildman–Crippen LogP) is -0.0778. The summed E-state index contributed by atoms with van der Waals surface area (Å²) >= 11 is 0. The number of rotatable bonds is 3. The number of nitrogens with zero attached hydrogens (tertiary/aromatic N) is 1. The van der Waals surface area contributed by atoms with Crippen molar-refractivity contribution in [2.24, 2.45) is 0 Å². The Bertz CT molecular complexity index is 198. The number of carboxylic acid groups (broad SMARTS) is 1. The van der Waals surface area contributed by atoms with Gasteiger partial charge in [0, 0.05) is 6.42 Å². The van der Waals surface area contributed by atoms with Crippen LogP contribution >= 0.6 is 0 Å². The summed E-state index contributed by atoms with van der Waals surface area (Å²) < 4.78 is 6.67. The summed E-state index contributed by atoms with van der Waals surface area (Å²) in [5.74, 6) is -0.859. The van der Waals surface area contributed by atoms with Gasteiger partial charge < -0.3 is 9.84 Å². The van der Waals surface area contributed by atoms with Crippen molar-refractivity contribution < 1.29 is 19.2 Å². The number of hydrogen-bond donors (Lipinski definition) is 1. The summed E-state index contributed by atoms with van der Waals surface area (Å²) in [6, 6.07) is 0. The van der Waals surface area contributed by atoms with E-state index >= 15 is 0 Å². The van der Waals surface area contributed by atoms with Crippen LogP contribution in [0.1, 0.15) is 13.3 Å². The van der Waals surface area contributed by atoms with Gasteiger partial charge in [-0.25, -0.2) is 4.79 Å². The van der Waals surface area contributed by atoms with E-state index in [-0.39, 0.29) is 5.90 Å². The Balaban J connectivity index is 2.69. The van der Waals surface area contributed by atoms with Crippen LogP contribution in [-0.4, -0.2) is 41.2 Å². The predicted molar refractivity (Wildman–Crippen MR) is 38.9 cm³/mol. The Labute approximate surface area is 65.1 Å². The van der Waals surface area contributed by atoms with E-state index in [9.17, 15) is 4.79 Å². The van der Waals surface area contributed by atoms with E-state index in [2.05, 4.69) is 0 Å². The highest BCUT2D eigenvalue weighted by Gasteiger charge is 2.29. The van der Waals surface area contributed by atoms with Crippen molar-refractivity contribution >= 4 is 11.9 Å². The fourth-order valence-corrected chi connectivity index (χ4v) is 1.13. The molecule has 0 saturated carbocycles. The van der Waals surface area contributed by atoms with Gasteiger partial charge in [-0.3, -0.25) is 0 Å². The molecule has 4 heteroatoms. The van der Waals surface area contributed by atoms with Crippen molar-refractivity contribution in [3.63, 3.8) is 0 Å². The molecule has 0 unspecified atom stereocenters. The Kier molecular flexibility index (Phi) is 2.46. The van der Waals surface area contributed by atoms with Crippen LogP contribution in [0.2, 0.25) is 0 Å². The maximum atomic E-state index is 10.5. The summed E-state index contributed by atoms with van der Waals surface area (Å²) in [5, 5.41) is 8.61. The minimum Gasteiger partial charge on any atom is -0.471 e. The van der Waals surface area contributed by atoms with Crippen molar-refractivity contribution in [3.05, 3.63) is 0 Å². The van der Waals surface area contributed by atoms with Crippen molar-refractivity contribution in [3.8, 4) is 0 Å². The lowest BCUT2D eigenvalue weighted by atomic mass is 10.4. The van der Waals surface area contributed by atoms with E-state index in [4.69, 9.17) is 9.84 Å². The second-order valence-corrected chi connectivity index (χ2v) is 2.45. The van der Waals surface area contributed by atoms with Crippen LogP contribution < -0.4 is 0 Å². The number of carbonyl (C=O) groups is 1. The van der Waals surface area contributed by atoms with Crippen molar-refractivity contribution in [2.45, 2.75) is 13.3 Å². The molecule has 4 nitrogen and oxygen atoms in total. The van der Waals surface area contributed by atoms with E-state index in [0.29, 0.717) is 13.2 Å². The molecule has 0 spiro atoms. The van der Waals surface area contributed by atoms with E-state index in [1.54, 1.807) is 4.58 Å². The second kappa shape index (κ2) is 3.37. The Morgan fingerprint density at radius 2 is 2.55 bits per heavy atom. The topological polar surface area (TPSA) is 49.5 Å². The fraction of sp³-hybridized carbons (Fsp3) is 0.714. The molecule has 0 amide bonds. The van der Waals surface area contributed by atoms with Crippen LogP contribution in [0, 0.1) is 0 Å². The van der Waals surface area contributed by atoms with E-state index < -0.39 is 5.97 Å². The largest absolute Gasteiger partial charge is 0.471 e. The molecule has 0 aromatic carbocycles. The van der Waals surface area contributed by atoms with Crippen molar-refractivity contribution in [1.29, 1.82) is 0 Å². The maximum absolute atomic E-state index is 10.5. The third-order valence-electron chi connectivity index (χ3n) is 1.56. The zero-order valence-corrected chi connectivity index (χ0v) is 6.54. The van der Waals surface area contributed by atoms with Crippen LogP contribution in [0.4, 0.5) is 0 Å². The van der Waals surface area contributed by atoms with Gasteiger partial charge in [-0.15, -0.1) is 0 Å². The molecule has 1 heterocycles. The van der Waals surface area contributed by atoms with Crippen molar-refractivity contribution in [2.75, 3.05) is 19.7 Å². The first-order valence-corrected chi connectivity index (χ1v) is 3.73. The van der Waals surface area contributed by atoms with Crippen LogP contribution in [0.15, 0.2) is 0 Å². The summed E-state index contributed by atoms with van der Waals surface area (Å²) in [7, 11) is 0. The molecule has 1 N–H and O–H groups in total. The monoisotopic (exact) mass is 158 g/mol. The Hall–Kier alpha value is -1.06. The molecule has 0 aromatic heterocycles. The molecule has 11 heavy (non-hydrogen) atoms. The molecule has 0 aromatic rings. The highest BCUT2D eigenvalue weighted by atomic mass is 16.5. The quantitative estimate of drug-likeness (QED) is 0.584. The molecule has 0 atom stereocenters. The summed E-state index contributed by atoms with van der Waals surface area (Å²) in [5.41, 5.74) is 0. The van der Waals surface area contributed by atoms with Gasteiger partial charge in [-0.2, -0.15) is 4.58 Å². The molecule has 0 saturated heterocycles. The van der Waals surface area contributed by atoms with Gasteiger partial charge in [0.2, 0.25) is 0 Å². The SMILES string of the molecule is CCC[N+]1=C(C(=O)O)OCC1. The normalized spacial score (nSPS) is 16.8. The van der Waals surface area contributed by atoms with Gasteiger partial charge in [0.15, 0.2) is 13.2 Å². The molecule has 0 fully saturated rings. The van der Waals surface area contributed by atoms with Crippen molar-refractivity contribution in [1.82, 2.24) is 0 Å². The first-order valence-electron chi connectivity index (χ1n) is 3.73. The Morgan fingerprint density at radius 1 is 1.82 bits per heavy atom. The molecule has 1 aliphatic heterocycles. The van der Waals surface area contributed by atoms with E-state index in [1.807, 2.05) is 6.92 Å². The minimum absolute atomic E-state index is 0.104. The fourth-order valence-electron chi connectivity index (χ4n) is 1.13. The first kappa shape index (κ1) is 8.04. The van der Waals surface area contributed by atoms with Gasteiger partial charge in [0.25, 0.3) is 0 Å². The lowest BCUT2D eigenvalue weighted by Crippen LogP contribution is -2.24. The summed E-state index contributed by atoms with van der Waals surface area (Å²) in [6.45, 7) is 3.98. The average molecular weight is 158 g/mol. The van der Waals surface area contributed by atoms with Gasteiger partial charge in [-0.1, -0.05) is 6.92 Å². The minimum atomic E-state index is -0.962. The molecule has 62 valence electrons. The molecule has 1 rings (SSSR count). The third kappa shape index (κ3) is 1.69. The standard InChI is InChI=1S/C7H11NO3/c1-2-3-8-4-5-11-6(8)7(9)10/h2-5H2,1H3/p+1. The summed E-state index contributed by atoms with van der Waals surface area (Å²) in [4.78, 5) is 10.5. The van der Waals surface area contributed by atoms with Gasteiger partial charge in [0.1, 0.15) is 6.54 Å². The first-order chi connectivity index (χ1) is 5.25. The zero-order chi connectivity index (χ0) is 8.27. The lowest BCUT2D eigenvalue weighted by Gasteiger charge is -1.92. The molecular weight excluding hydrogens is 146 g/mol. The second-order valence-electron chi connectivity index (χ2n) is 2.45. The smallest absolute Gasteiger partial charge is 0.450 e. The Morgan fingerprint density at radius 3 is 3.09 bits per heavy atom. The van der Waals surface area contributed by atoms with Gasteiger partial charge in [0.05, 0.1) is 0 Å². The van der Waals surface area contributed by atoms with Crippen LogP contribution in [0.3, 0.4) is 0 Å². The third-order valence-corrected chi connectivity index (χ3v) is 1.56. The maximum Gasteiger partial charge on any atom is 0.450 e. The average Bonchev–Trinajstić information content (AvgIpc) is 2.36. The number of hydrogen-bond acceptors (Lipinski definition) is 2. The summed E-state index contributed by atoms with van der Waals surface area (Å²) in [6.07, 6.45) is 0.945. The van der Waals surface area contributed by atoms with E-state index in [1.165, 1.54) is 0 Å². The molecular formula is C7H12NO3+. The highest BCUT2D eigenvalue weighted by Crippen LogP contribution is 1.96. The van der Waals surface area contributed by atoms with E-state index in [0.717, 1.165) is 13.0 Å². The van der Waals surface area contributed by atoms with Crippen LogP contribution in [0.25, 0.3) is 0 Å². The molecule has 1 aliphatic rings. The van der Waals surface area contributed by atoms with Gasteiger partial charge in [-0.05, 0) is 0 Å². The number of aliphatic carboxylic acids is 1. The lowest BCUT2D eigenvalue weighted by molar-refractivity contribution is -0.517. The number of carboxylic acids is 1. The van der Waals surface area contributed by atoms with Gasteiger partial charge >= 0.3 is 11.9 Å². The van der Waals surface area contributed by atoms with Crippen LogP contribution in [-0.2, 0) is 9.53 Å². The molecule has 0 radical (unpaired) electrons. The molecule has 0 aliphatic carbocycles. The highest BCUT2D eigenvalue weighted by molar-refractivity contribution is 6.29. The molecule has 0 bridgehead atoms.